The van der Waals surface area contributed by atoms with E-state index >= 15 is 0 Å². The molecule has 2 fully saturated rings. The minimum absolute atomic E-state index is 0. The zero-order chi connectivity index (χ0) is 17.7. The van der Waals surface area contributed by atoms with Gasteiger partial charge in [0.25, 0.3) is 0 Å². The molecule has 2 N–H and O–H groups in total. The molecule has 0 bridgehead atoms. The van der Waals surface area contributed by atoms with E-state index in [0.717, 1.165) is 34.4 Å². The van der Waals surface area contributed by atoms with E-state index in [4.69, 9.17) is 0 Å². The fraction of sp³-hybridized carbons (Fsp3) is 0.450. The monoisotopic (exact) mass is 384 g/mol. The predicted molar refractivity (Wildman–Crippen MR) is 110 cm³/mol. The van der Waals surface area contributed by atoms with Crippen LogP contribution in [0.2, 0.25) is 0 Å². The van der Waals surface area contributed by atoms with Gasteiger partial charge in [0.05, 0.1) is 11.2 Å². The van der Waals surface area contributed by atoms with Crippen molar-refractivity contribution in [3.63, 3.8) is 0 Å². The molecule has 0 spiro atoms. The maximum absolute atomic E-state index is 4.49. The summed E-state index contributed by atoms with van der Waals surface area (Å²) in [6.07, 6.45) is 4.53. The van der Waals surface area contributed by atoms with Gasteiger partial charge in [-0.3, -0.25) is 4.68 Å². The fourth-order valence-electron chi connectivity index (χ4n) is 4.67. The summed E-state index contributed by atoms with van der Waals surface area (Å²) in [4.78, 5) is 0. The molecule has 0 amide bonds. The van der Waals surface area contributed by atoms with E-state index in [1.54, 1.807) is 0 Å². The van der Waals surface area contributed by atoms with Gasteiger partial charge in [-0.25, -0.2) is 0 Å². The van der Waals surface area contributed by atoms with Crippen molar-refractivity contribution < 1.29 is 0 Å². The highest BCUT2D eigenvalue weighted by atomic mass is 35.5. The number of halogens is 1. The van der Waals surface area contributed by atoms with Gasteiger partial charge in [-0.2, -0.15) is 5.10 Å². The Labute approximate surface area is 165 Å². The largest absolute Gasteiger partial charge is 0.366 e. The molecule has 2 aromatic heterocycles. The number of hydrogen-bond donors (Lipinski definition) is 2. The molecule has 6 nitrogen and oxygen atoms in total. The Balaban J connectivity index is 0.00000180. The summed E-state index contributed by atoms with van der Waals surface area (Å²) in [6, 6.07) is 8.79. The lowest BCUT2D eigenvalue weighted by atomic mass is 10.0. The van der Waals surface area contributed by atoms with Gasteiger partial charge < -0.3 is 10.6 Å². The molecule has 1 saturated carbocycles. The molecule has 1 saturated heterocycles. The molecule has 1 aliphatic heterocycles. The van der Waals surface area contributed by atoms with Crippen molar-refractivity contribution in [1.29, 1.82) is 0 Å². The first-order valence-corrected chi connectivity index (χ1v) is 9.41. The van der Waals surface area contributed by atoms with Gasteiger partial charge in [-0.1, -0.05) is 6.07 Å². The Morgan fingerprint density at radius 2 is 1.85 bits per heavy atom. The lowest BCUT2D eigenvalue weighted by Crippen LogP contribution is -2.21. The quantitative estimate of drug-likeness (QED) is 0.726. The minimum Gasteiger partial charge on any atom is -0.366 e. The summed E-state index contributed by atoms with van der Waals surface area (Å²) in [6.45, 7) is 4.46. The Bertz CT molecular complexity index is 939. The molecule has 3 atom stereocenters. The van der Waals surface area contributed by atoms with Crippen molar-refractivity contribution in [2.45, 2.75) is 25.8 Å². The van der Waals surface area contributed by atoms with Crippen LogP contribution in [0.25, 0.3) is 22.2 Å². The van der Waals surface area contributed by atoms with Crippen LogP contribution in [0.1, 0.15) is 18.4 Å². The van der Waals surface area contributed by atoms with Gasteiger partial charge in [0.2, 0.25) is 0 Å². The van der Waals surface area contributed by atoms with E-state index in [1.165, 1.54) is 36.9 Å². The van der Waals surface area contributed by atoms with Gasteiger partial charge >= 0.3 is 0 Å². The number of hydrogen-bond acceptors (Lipinski definition) is 5. The number of anilines is 1. The summed E-state index contributed by atoms with van der Waals surface area (Å²) in [5.41, 5.74) is 4.24. The third kappa shape index (κ3) is 3.28. The van der Waals surface area contributed by atoms with Gasteiger partial charge in [0.1, 0.15) is 5.82 Å². The molecule has 3 heterocycles. The van der Waals surface area contributed by atoms with E-state index < -0.39 is 0 Å². The van der Waals surface area contributed by atoms with Crippen molar-refractivity contribution in [2.75, 3.05) is 18.4 Å². The van der Waals surface area contributed by atoms with Crippen LogP contribution < -0.4 is 10.6 Å². The smallest absolute Gasteiger partial charge is 0.148 e. The van der Waals surface area contributed by atoms with E-state index in [-0.39, 0.29) is 12.4 Å². The molecule has 0 radical (unpaired) electrons. The Morgan fingerprint density at radius 3 is 2.56 bits per heavy atom. The van der Waals surface area contributed by atoms with Crippen LogP contribution >= 0.6 is 12.4 Å². The molecule has 5 rings (SSSR count). The predicted octanol–water partition coefficient (Wildman–Crippen LogP) is 3.17. The number of aromatic nitrogens is 4. The number of rotatable bonds is 3. The molecular formula is C20H25ClN6. The van der Waals surface area contributed by atoms with Crippen LogP contribution in [-0.2, 0) is 7.05 Å². The number of aryl methyl sites for hydroxylation is 2. The molecule has 142 valence electrons. The van der Waals surface area contributed by atoms with Crippen LogP contribution in [0, 0.1) is 18.8 Å². The maximum Gasteiger partial charge on any atom is 0.148 e. The number of benzene rings is 1. The highest BCUT2D eigenvalue weighted by Crippen LogP contribution is 2.35. The van der Waals surface area contributed by atoms with Gasteiger partial charge in [0, 0.05) is 30.2 Å². The van der Waals surface area contributed by atoms with Crippen molar-refractivity contribution in [3.8, 4) is 11.3 Å². The van der Waals surface area contributed by atoms with Crippen LogP contribution in [0.4, 0.5) is 5.82 Å². The molecule has 27 heavy (non-hydrogen) atoms. The SMILES string of the molecule is Cc1c(-c2ccc(NC3C[C@H]4CNC[C@H]4C3)nn2)ccc2nn(C)cc12.Cl. The van der Waals surface area contributed by atoms with E-state index in [2.05, 4.69) is 63.3 Å². The first kappa shape index (κ1) is 18.2. The second-order valence-electron chi connectivity index (χ2n) is 7.77. The van der Waals surface area contributed by atoms with Crippen LogP contribution in [0.15, 0.2) is 30.5 Å². The second-order valence-corrected chi connectivity index (χ2v) is 7.77. The average molecular weight is 385 g/mol. The number of nitrogens with one attached hydrogen (secondary N) is 2. The first-order valence-electron chi connectivity index (χ1n) is 9.41. The van der Waals surface area contributed by atoms with E-state index in [1.807, 2.05) is 11.7 Å². The minimum atomic E-state index is 0. The molecule has 7 heteroatoms. The van der Waals surface area contributed by atoms with Crippen LogP contribution in [0.5, 0.6) is 0 Å². The van der Waals surface area contributed by atoms with Crippen LogP contribution in [-0.4, -0.2) is 39.1 Å². The summed E-state index contributed by atoms with van der Waals surface area (Å²) >= 11 is 0. The summed E-state index contributed by atoms with van der Waals surface area (Å²) < 4.78 is 1.85. The summed E-state index contributed by atoms with van der Waals surface area (Å²) in [5, 5.41) is 21.6. The highest BCUT2D eigenvalue weighted by molar-refractivity contribution is 5.88. The van der Waals surface area contributed by atoms with E-state index in [9.17, 15) is 0 Å². The molecule has 3 aromatic rings. The zero-order valence-corrected chi connectivity index (χ0v) is 16.5. The standard InChI is InChI=1S/C20H24N6.ClH/c1-12-16(3-4-19-17(12)11-26(2)25-19)18-5-6-20(24-23-18)22-15-7-13-9-21-10-14(13)8-15;/h3-6,11,13-15,21H,7-10H2,1-2H3,(H,22,24);1H/t13-,14+,15?;. The Kier molecular flexibility index (Phi) is 4.78. The number of fused-ring (bicyclic) bond motifs is 2. The maximum atomic E-state index is 4.49. The third-order valence-electron chi connectivity index (χ3n) is 6.02. The van der Waals surface area contributed by atoms with Crippen LogP contribution in [0.3, 0.4) is 0 Å². The lowest BCUT2D eigenvalue weighted by Gasteiger charge is -2.14. The zero-order valence-electron chi connectivity index (χ0n) is 15.6. The average Bonchev–Trinajstić information content (AvgIpc) is 3.30. The van der Waals surface area contributed by atoms with Gasteiger partial charge in [-0.15, -0.1) is 22.6 Å². The van der Waals surface area contributed by atoms with Crippen molar-refractivity contribution >= 4 is 29.1 Å². The topological polar surface area (TPSA) is 67.7 Å². The number of nitrogens with zero attached hydrogens (tertiary/aromatic N) is 4. The lowest BCUT2D eigenvalue weighted by molar-refractivity contribution is 0.494. The summed E-state index contributed by atoms with van der Waals surface area (Å²) in [5.74, 6) is 2.54. The molecule has 2 aliphatic rings. The third-order valence-corrected chi connectivity index (χ3v) is 6.02. The molecule has 1 unspecified atom stereocenters. The van der Waals surface area contributed by atoms with E-state index in [0.29, 0.717) is 6.04 Å². The van der Waals surface area contributed by atoms with Crippen molar-refractivity contribution in [3.05, 3.63) is 36.0 Å². The highest BCUT2D eigenvalue weighted by Gasteiger charge is 2.37. The Hall–Kier alpha value is -2.18. The van der Waals surface area contributed by atoms with Gasteiger partial charge in [-0.05, 0) is 68.5 Å². The fourth-order valence-corrected chi connectivity index (χ4v) is 4.67. The molecular weight excluding hydrogens is 360 g/mol. The Morgan fingerprint density at radius 1 is 1.07 bits per heavy atom. The van der Waals surface area contributed by atoms with Crippen molar-refractivity contribution in [1.82, 2.24) is 25.3 Å². The summed E-state index contributed by atoms with van der Waals surface area (Å²) in [7, 11) is 1.95. The van der Waals surface area contributed by atoms with Crippen molar-refractivity contribution in [2.24, 2.45) is 18.9 Å². The molecule has 1 aliphatic carbocycles. The molecule has 1 aromatic carbocycles. The second kappa shape index (κ2) is 7.09. The van der Waals surface area contributed by atoms with Gasteiger partial charge in [0.15, 0.2) is 0 Å². The first-order chi connectivity index (χ1) is 12.7. The normalized spacial score (nSPS) is 24.0.